The quantitative estimate of drug-likeness (QED) is 0.508. The minimum Gasteiger partial charge on any atom is -0.227 e. The Hall–Kier alpha value is -0.680. The van der Waals surface area contributed by atoms with Gasteiger partial charge in [0.25, 0.3) is 0 Å². The van der Waals surface area contributed by atoms with Gasteiger partial charge in [-0.2, -0.15) is 0 Å². The number of halogens is 3. The molecule has 19 heavy (non-hydrogen) atoms. The van der Waals surface area contributed by atoms with Crippen LogP contribution in [0.15, 0.2) is 28.1 Å². The van der Waals surface area contributed by atoms with Crippen molar-refractivity contribution in [2.75, 3.05) is 0 Å². The van der Waals surface area contributed by atoms with Gasteiger partial charge in [-0.05, 0) is 45.9 Å². The number of hydrogen-bond acceptors (Lipinski definition) is 3. The van der Waals surface area contributed by atoms with Crippen molar-refractivity contribution in [3.05, 3.63) is 43.8 Å². The van der Waals surface area contributed by atoms with E-state index in [2.05, 4.69) is 25.9 Å². The first-order valence-electron chi connectivity index (χ1n) is 5.43. The molecule has 1 aromatic carbocycles. The van der Waals surface area contributed by atoms with E-state index >= 15 is 0 Å². The van der Waals surface area contributed by atoms with E-state index in [1.807, 2.05) is 30.5 Å². The third-order valence-electron chi connectivity index (χ3n) is 2.78. The third-order valence-corrected chi connectivity index (χ3v) is 5.05. The number of benzene rings is 1. The Labute approximate surface area is 132 Å². The summed E-state index contributed by atoms with van der Waals surface area (Å²) in [6.45, 7) is 2.00. The van der Waals surface area contributed by atoms with Gasteiger partial charge in [-0.3, -0.25) is 0 Å². The number of hydrogen-bond donors (Lipinski definition) is 0. The van der Waals surface area contributed by atoms with E-state index in [1.54, 1.807) is 0 Å². The number of nitrogens with zero attached hydrogens (tertiary/aromatic N) is 2. The molecule has 3 rings (SSSR count). The Kier molecular flexibility index (Phi) is 3.52. The first-order valence-corrected chi connectivity index (χ1v) is 7.86. The molecular formula is C13H7BrCl2N2S. The first-order chi connectivity index (χ1) is 9.08. The molecule has 0 N–H and O–H groups in total. The molecular weight excluding hydrogens is 367 g/mol. The lowest BCUT2D eigenvalue weighted by Crippen LogP contribution is -1.93. The van der Waals surface area contributed by atoms with Crippen molar-refractivity contribution in [1.29, 1.82) is 0 Å². The van der Waals surface area contributed by atoms with E-state index in [0.29, 0.717) is 16.0 Å². The maximum absolute atomic E-state index is 6.29. The second-order valence-electron chi connectivity index (χ2n) is 4.02. The van der Waals surface area contributed by atoms with Crippen molar-refractivity contribution in [2.45, 2.75) is 6.92 Å². The SMILES string of the molecule is Cc1ccc(Br)c2c(Cl)nc(-c3sccc3Cl)nc12. The molecule has 96 valence electrons. The molecule has 3 aromatic rings. The van der Waals surface area contributed by atoms with Crippen LogP contribution in [-0.4, -0.2) is 9.97 Å². The Morgan fingerprint density at radius 3 is 2.63 bits per heavy atom. The first kappa shape index (κ1) is 13.3. The van der Waals surface area contributed by atoms with E-state index in [4.69, 9.17) is 23.2 Å². The summed E-state index contributed by atoms with van der Waals surface area (Å²) in [5.74, 6) is 0.568. The van der Waals surface area contributed by atoms with Crippen LogP contribution in [0.25, 0.3) is 21.6 Å². The number of rotatable bonds is 1. The fourth-order valence-electron chi connectivity index (χ4n) is 1.85. The summed E-state index contributed by atoms with van der Waals surface area (Å²) in [6, 6.07) is 5.77. The normalized spacial score (nSPS) is 11.2. The Bertz CT molecular complexity index is 786. The average Bonchev–Trinajstić information content (AvgIpc) is 2.79. The molecule has 0 bridgehead atoms. The number of thiophene rings is 1. The second-order valence-corrected chi connectivity index (χ2v) is 6.56. The lowest BCUT2D eigenvalue weighted by molar-refractivity contribution is 1.23. The molecule has 0 atom stereocenters. The average molecular weight is 374 g/mol. The van der Waals surface area contributed by atoms with Crippen LogP contribution in [-0.2, 0) is 0 Å². The molecule has 0 aliphatic heterocycles. The van der Waals surface area contributed by atoms with Crippen molar-refractivity contribution in [1.82, 2.24) is 9.97 Å². The molecule has 0 aliphatic rings. The molecule has 0 saturated carbocycles. The van der Waals surface area contributed by atoms with Crippen LogP contribution in [0, 0.1) is 6.92 Å². The molecule has 0 saturated heterocycles. The Balaban J connectivity index is 2.37. The van der Waals surface area contributed by atoms with Gasteiger partial charge >= 0.3 is 0 Å². The van der Waals surface area contributed by atoms with Crippen molar-refractivity contribution >= 4 is 61.4 Å². The van der Waals surface area contributed by atoms with Gasteiger partial charge in [-0.1, -0.05) is 29.3 Å². The van der Waals surface area contributed by atoms with Gasteiger partial charge in [-0.15, -0.1) is 11.3 Å². The van der Waals surface area contributed by atoms with Crippen molar-refractivity contribution in [3.63, 3.8) is 0 Å². The highest BCUT2D eigenvalue weighted by Crippen LogP contribution is 2.36. The van der Waals surface area contributed by atoms with Crippen LogP contribution in [0.2, 0.25) is 10.2 Å². The maximum atomic E-state index is 6.29. The molecule has 0 radical (unpaired) electrons. The molecule has 0 aliphatic carbocycles. The fourth-order valence-corrected chi connectivity index (χ4v) is 3.81. The standard InChI is InChI=1S/C13H7BrCl2N2S/c1-6-2-3-7(14)9-10(6)17-13(18-12(9)16)11-8(15)4-5-19-11/h2-5H,1H3. The molecule has 6 heteroatoms. The molecule has 0 unspecified atom stereocenters. The summed E-state index contributed by atoms with van der Waals surface area (Å²) in [5, 5.41) is 3.82. The molecule has 2 aromatic heterocycles. The van der Waals surface area contributed by atoms with Gasteiger partial charge in [0.05, 0.1) is 20.8 Å². The predicted molar refractivity (Wildman–Crippen MR) is 85.3 cm³/mol. The minimum atomic E-state index is 0.431. The zero-order valence-electron chi connectivity index (χ0n) is 9.75. The molecule has 0 amide bonds. The van der Waals surface area contributed by atoms with Gasteiger partial charge in [0.15, 0.2) is 5.82 Å². The highest BCUT2D eigenvalue weighted by molar-refractivity contribution is 9.10. The number of aryl methyl sites for hydroxylation is 1. The summed E-state index contributed by atoms with van der Waals surface area (Å²) in [4.78, 5) is 9.79. The van der Waals surface area contributed by atoms with Gasteiger partial charge in [0.1, 0.15) is 5.15 Å². The van der Waals surface area contributed by atoms with Crippen LogP contribution in [0.3, 0.4) is 0 Å². The minimum absolute atomic E-state index is 0.431. The monoisotopic (exact) mass is 372 g/mol. The zero-order chi connectivity index (χ0) is 13.6. The Morgan fingerprint density at radius 2 is 1.95 bits per heavy atom. The van der Waals surface area contributed by atoms with Crippen molar-refractivity contribution in [3.8, 4) is 10.7 Å². The van der Waals surface area contributed by atoms with Crippen molar-refractivity contribution < 1.29 is 0 Å². The smallest absolute Gasteiger partial charge is 0.173 e. The predicted octanol–water partition coefficient (Wildman–Crippen LogP) is 5.74. The largest absolute Gasteiger partial charge is 0.227 e. The lowest BCUT2D eigenvalue weighted by Gasteiger charge is -2.07. The summed E-state index contributed by atoms with van der Waals surface area (Å²) < 4.78 is 0.891. The van der Waals surface area contributed by atoms with E-state index in [-0.39, 0.29) is 0 Å². The number of aromatic nitrogens is 2. The van der Waals surface area contributed by atoms with Gasteiger partial charge < -0.3 is 0 Å². The van der Waals surface area contributed by atoms with Crippen LogP contribution >= 0.6 is 50.5 Å². The highest BCUT2D eigenvalue weighted by atomic mass is 79.9. The Morgan fingerprint density at radius 1 is 1.16 bits per heavy atom. The van der Waals surface area contributed by atoms with Gasteiger partial charge in [-0.25, -0.2) is 9.97 Å². The summed E-state index contributed by atoms with van der Waals surface area (Å²) >= 11 is 17.4. The van der Waals surface area contributed by atoms with Crippen molar-refractivity contribution in [2.24, 2.45) is 0 Å². The third kappa shape index (κ3) is 2.27. The summed E-state index contributed by atoms with van der Waals surface area (Å²) in [6.07, 6.45) is 0. The van der Waals surface area contributed by atoms with E-state index < -0.39 is 0 Å². The van der Waals surface area contributed by atoms with Gasteiger partial charge in [0.2, 0.25) is 0 Å². The highest BCUT2D eigenvalue weighted by Gasteiger charge is 2.14. The molecule has 0 spiro atoms. The maximum Gasteiger partial charge on any atom is 0.173 e. The molecule has 2 heterocycles. The van der Waals surface area contributed by atoms with Crippen LogP contribution < -0.4 is 0 Å². The van der Waals surface area contributed by atoms with Crippen LogP contribution in [0.4, 0.5) is 0 Å². The van der Waals surface area contributed by atoms with Crippen LogP contribution in [0.5, 0.6) is 0 Å². The van der Waals surface area contributed by atoms with E-state index in [0.717, 1.165) is 25.8 Å². The summed E-state index contributed by atoms with van der Waals surface area (Å²) in [7, 11) is 0. The lowest BCUT2D eigenvalue weighted by atomic mass is 10.1. The molecule has 0 fully saturated rings. The summed E-state index contributed by atoms with van der Waals surface area (Å²) in [5.41, 5.74) is 1.89. The van der Waals surface area contributed by atoms with E-state index in [9.17, 15) is 0 Å². The zero-order valence-corrected chi connectivity index (χ0v) is 13.7. The van der Waals surface area contributed by atoms with E-state index in [1.165, 1.54) is 11.3 Å². The second kappa shape index (κ2) is 5.02. The fraction of sp³-hybridized carbons (Fsp3) is 0.0769. The topological polar surface area (TPSA) is 25.8 Å². The number of fused-ring (bicyclic) bond motifs is 1. The van der Waals surface area contributed by atoms with Crippen LogP contribution in [0.1, 0.15) is 5.56 Å². The van der Waals surface area contributed by atoms with Gasteiger partial charge in [0, 0.05) is 4.47 Å². The molecule has 2 nitrogen and oxygen atoms in total.